The molecule has 4 rings (SSSR count). The molecular weight excluding hydrogens is 462 g/mol. The molecule has 0 bridgehead atoms. The van der Waals surface area contributed by atoms with Crippen LogP contribution in [0.15, 0.2) is 88.6 Å². The molecule has 0 saturated heterocycles. The Bertz CT molecular complexity index is 1340. The second kappa shape index (κ2) is 11.6. The number of amides is 1. The van der Waals surface area contributed by atoms with E-state index in [1.165, 1.54) is 19.4 Å². The molecule has 36 heavy (non-hydrogen) atoms. The molecule has 2 heterocycles. The van der Waals surface area contributed by atoms with Crippen LogP contribution >= 0.6 is 0 Å². The highest BCUT2D eigenvalue weighted by Gasteiger charge is 2.13. The number of nitrogens with zero attached hydrogens (tertiary/aromatic N) is 2. The number of rotatable bonds is 10. The molecule has 2 aromatic carbocycles. The van der Waals surface area contributed by atoms with Crippen molar-refractivity contribution in [3.63, 3.8) is 0 Å². The first-order valence-corrected chi connectivity index (χ1v) is 11.2. The van der Waals surface area contributed by atoms with Crippen LogP contribution in [-0.4, -0.2) is 36.4 Å². The highest BCUT2D eigenvalue weighted by molar-refractivity contribution is 5.95. The summed E-state index contributed by atoms with van der Waals surface area (Å²) in [4.78, 5) is 24.0. The fourth-order valence-corrected chi connectivity index (χ4v) is 3.33. The van der Waals surface area contributed by atoms with Crippen LogP contribution in [0.2, 0.25) is 0 Å². The minimum absolute atomic E-state index is 0.101. The molecule has 0 aliphatic carbocycles. The zero-order valence-corrected chi connectivity index (χ0v) is 19.8. The second-order valence-electron chi connectivity index (χ2n) is 7.52. The summed E-state index contributed by atoms with van der Waals surface area (Å²) < 4.78 is 23.5. The Morgan fingerprint density at radius 2 is 1.78 bits per heavy atom. The molecule has 0 atom stereocenters. The highest BCUT2D eigenvalue weighted by atomic mass is 16.5. The first kappa shape index (κ1) is 24.3. The number of carbonyl (C=O) groups excluding carboxylic acids is 2. The van der Waals surface area contributed by atoms with Crippen molar-refractivity contribution < 1.29 is 28.2 Å². The molecule has 2 aromatic heterocycles. The number of hydrogen-bond acceptors (Lipinski definition) is 7. The molecular formula is C27H25N3O6. The van der Waals surface area contributed by atoms with E-state index in [0.717, 1.165) is 5.69 Å². The summed E-state index contributed by atoms with van der Waals surface area (Å²) in [6, 6.07) is 19.5. The predicted octanol–water partition coefficient (Wildman–Crippen LogP) is 4.60. The normalized spacial score (nSPS) is 10.8. The van der Waals surface area contributed by atoms with Crippen LogP contribution in [0.3, 0.4) is 0 Å². The highest BCUT2D eigenvalue weighted by Crippen LogP contribution is 2.29. The average Bonchev–Trinajstić information content (AvgIpc) is 3.61. The molecule has 9 nitrogen and oxygen atoms in total. The van der Waals surface area contributed by atoms with Gasteiger partial charge in [0.15, 0.2) is 11.5 Å². The lowest BCUT2D eigenvalue weighted by Crippen LogP contribution is -2.17. The number of nitrogens with one attached hydrogen (secondary N) is 1. The molecule has 0 fully saturated rings. The summed E-state index contributed by atoms with van der Waals surface area (Å²) in [5, 5.41) is 4.06. The molecule has 184 valence electrons. The molecule has 0 saturated carbocycles. The third-order valence-corrected chi connectivity index (χ3v) is 5.10. The molecule has 4 aromatic rings. The predicted molar refractivity (Wildman–Crippen MR) is 133 cm³/mol. The van der Waals surface area contributed by atoms with Crippen molar-refractivity contribution in [3.8, 4) is 17.2 Å². The van der Waals surface area contributed by atoms with Gasteiger partial charge >= 0.3 is 5.97 Å². The number of esters is 1. The van der Waals surface area contributed by atoms with E-state index >= 15 is 0 Å². The van der Waals surface area contributed by atoms with Gasteiger partial charge in [0.2, 0.25) is 5.76 Å². The number of furan rings is 1. The Morgan fingerprint density at radius 1 is 1.00 bits per heavy atom. The van der Waals surface area contributed by atoms with Crippen LogP contribution in [0.4, 0.5) is 0 Å². The van der Waals surface area contributed by atoms with Gasteiger partial charge in [0, 0.05) is 23.6 Å². The van der Waals surface area contributed by atoms with Crippen molar-refractivity contribution in [1.29, 1.82) is 0 Å². The molecule has 1 amide bonds. The summed E-state index contributed by atoms with van der Waals surface area (Å²) in [6.07, 6.45) is 5.39. The largest absolute Gasteiger partial charge is 0.490 e. The van der Waals surface area contributed by atoms with E-state index in [9.17, 15) is 9.59 Å². The van der Waals surface area contributed by atoms with Gasteiger partial charge in [-0.05, 0) is 79.2 Å². The van der Waals surface area contributed by atoms with Gasteiger partial charge in [-0.15, -0.1) is 0 Å². The Balaban J connectivity index is 1.36. The average molecular weight is 488 g/mol. The van der Waals surface area contributed by atoms with Crippen LogP contribution < -0.4 is 14.9 Å². The van der Waals surface area contributed by atoms with Gasteiger partial charge in [-0.25, -0.2) is 10.2 Å². The number of hydrazone groups is 1. The number of carbonyl (C=O) groups is 2. The van der Waals surface area contributed by atoms with Crippen LogP contribution in [0.5, 0.6) is 11.5 Å². The van der Waals surface area contributed by atoms with Gasteiger partial charge in [-0.1, -0.05) is 0 Å². The smallest absolute Gasteiger partial charge is 0.373 e. The van der Waals surface area contributed by atoms with Crippen molar-refractivity contribution in [2.24, 2.45) is 5.10 Å². The zero-order chi connectivity index (χ0) is 25.3. The summed E-state index contributed by atoms with van der Waals surface area (Å²) in [6.45, 7) is 2.39. The van der Waals surface area contributed by atoms with Gasteiger partial charge in [0.1, 0.15) is 12.4 Å². The van der Waals surface area contributed by atoms with Gasteiger partial charge in [-0.2, -0.15) is 5.10 Å². The maximum absolute atomic E-state index is 12.4. The molecule has 0 unspecified atom stereocenters. The van der Waals surface area contributed by atoms with Crippen molar-refractivity contribution in [2.45, 2.75) is 13.5 Å². The first-order valence-electron chi connectivity index (χ1n) is 11.2. The Morgan fingerprint density at radius 3 is 2.50 bits per heavy atom. The van der Waals surface area contributed by atoms with Crippen LogP contribution in [0, 0.1) is 0 Å². The Kier molecular flexibility index (Phi) is 7.82. The third-order valence-electron chi connectivity index (χ3n) is 5.10. The molecule has 0 aliphatic rings. The van der Waals surface area contributed by atoms with Crippen molar-refractivity contribution in [2.75, 3.05) is 13.7 Å². The monoisotopic (exact) mass is 487 g/mol. The Labute approximate surface area is 207 Å². The van der Waals surface area contributed by atoms with E-state index in [-0.39, 0.29) is 18.3 Å². The minimum atomic E-state index is -0.555. The number of aromatic nitrogens is 1. The quantitative estimate of drug-likeness (QED) is 0.199. The van der Waals surface area contributed by atoms with E-state index in [4.69, 9.17) is 13.9 Å². The maximum atomic E-state index is 12.4. The third kappa shape index (κ3) is 6.01. The lowest BCUT2D eigenvalue weighted by atomic mass is 10.2. The van der Waals surface area contributed by atoms with Crippen molar-refractivity contribution >= 4 is 18.1 Å². The summed E-state index contributed by atoms with van der Waals surface area (Å²) in [5.74, 6) is 0.699. The molecule has 0 aliphatic heterocycles. The minimum Gasteiger partial charge on any atom is -0.490 e. The van der Waals surface area contributed by atoms with Gasteiger partial charge in [0.05, 0.1) is 19.9 Å². The maximum Gasteiger partial charge on any atom is 0.373 e. The molecule has 0 radical (unpaired) electrons. The number of hydrogen-bond donors (Lipinski definition) is 1. The molecule has 1 N–H and O–H groups in total. The topological polar surface area (TPSA) is 104 Å². The van der Waals surface area contributed by atoms with E-state index in [0.29, 0.717) is 35.0 Å². The zero-order valence-electron chi connectivity index (χ0n) is 19.8. The number of benzene rings is 2. The summed E-state index contributed by atoms with van der Waals surface area (Å²) >= 11 is 0. The van der Waals surface area contributed by atoms with E-state index in [2.05, 4.69) is 15.3 Å². The van der Waals surface area contributed by atoms with E-state index in [1.807, 2.05) is 48.1 Å². The molecule has 9 heteroatoms. The van der Waals surface area contributed by atoms with Crippen LogP contribution in [-0.2, 0) is 11.3 Å². The van der Waals surface area contributed by atoms with Crippen molar-refractivity contribution in [3.05, 3.63) is 102 Å². The standard InChI is InChI=1S/C27H25N3O6/c1-3-34-25-16-19(6-12-23(25)35-18-22-11-13-24(36-22)27(32)33-2)17-28-29-26(31)20-7-9-21(10-8-20)30-14-4-5-15-30/h4-17H,3,18H2,1-2H3,(H,29,31)/b28-17+. The van der Waals surface area contributed by atoms with Crippen molar-refractivity contribution in [1.82, 2.24) is 9.99 Å². The van der Waals surface area contributed by atoms with E-state index in [1.54, 1.807) is 36.4 Å². The fraction of sp³-hybridized carbons (Fsp3) is 0.148. The van der Waals surface area contributed by atoms with Crippen LogP contribution in [0.25, 0.3) is 5.69 Å². The van der Waals surface area contributed by atoms with Gasteiger partial charge in [0.25, 0.3) is 5.91 Å². The number of methoxy groups -OCH3 is 1. The SMILES string of the molecule is CCOc1cc(/C=N/NC(=O)c2ccc(-n3cccc3)cc2)ccc1OCc1ccc(C(=O)OC)o1. The van der Waals surface area contributed by atoms with Crippen LogP contribution in [0.1, 0.15) is 39.2 Å². The summed E-state index contributed by atoms with van der Waals surface area (Å²) in [5.41, 5.74) is 4.70. The molecule has 0 spiro atoms. The Hall–Kier alpha value is -4.79. The number of ether oxygens (including phenoxy) is 3. The first-order chi connectivity index (χ1) is 17.6. The van der Waals surface area contributed by atoms with E-state index < -0.39 is 5.97 Å². The fourth-order valence-electron chi connectivity index (χ4n) is 3.33. The lowest BCUT2D eigenvalue weighted by Gasteiger charge is -2.11. The van der Waals surface area contributed by atoms with Gasteiger partial charge in [-0.3, -0.25) is 4.79 Å². The summed E-state index contributed by atoms with van der Waals surface area (Å²) in [7, 11) is 1.29. The lowest BCUT2D eigenvalue weighted by molar-refractivity contribution is 0.0560. The van der Waals surface area contributed by atoms with Gasteiger partial charge < -0.3 is 23.2 Å². The second-order valence-corrected chi connectivity index (χ2v) is 7.52.